The van der Waals surface area contributed by atoms with E-state index in [0.29, 0.717) is 93.1 Å². The first-order valence-electron chi connectivity index (χ1n) is 27.4. The lowest BCUT2D eigenvalue weighted by molar-refractivity contribution is -0.148. The van der Waals surface area contributed by atoms with Gasteiger partial charge in [0.25, 0.3) is 11.8 Å². The van der Waals surface area contributed by atoms with Crippen molar-refractivity contribution in [3.63, 3.8) is 0 Å². The summed E-state index contributed by atoms with van der Waals surface area (Å²) < 4.78 is 11.0. The molecule has 1 aromatic carbocycles. The fourth-order valence-corrected chi connectivity index (χ4v) is 15.7. The summed E-state index contributed by atoms with van der Waals surface area (Å²) in [5, 5.41) is 34.5. The fourth-order valence-electron chi connectivity index (χ4n) is 10.1. The molecule has 2 unspecified atom stereocenters. The van der Waals surface area contributed by atoms with Crippen LogP contribution in [0.15, 0.2) is 64.0 Å². The lowest BCUT2D eigenvalue weighted by atomic mass is 9.90. The Morgan fingerprint density at radius 1 is 0.747 bits per heavy atom. The zero-order chi connectivity index (χ0) is 61.2. The first-order valence-corrected chi connectivity index (χ1v) is 32.5. The zero-order valence-electron chi connectivity index (χ0n) is 47.1. The molecule has 30 heteroatoms. The Balaban J connectivity index is 0.954. The molecule has 7 aromatic heterocycles. The number of thiazole rings is 6. The molecule has 8 aromatic rings. The van der Waals surface area contributed by atoms with Crippen molar-refractivity contribution in [1.29, 1.82) is 0 Å². The SMILES string of the molecule is CNC(=O)C[C@@H]1NC(=O)c2csc(n2)-c2ccc(-c3nc(C(=O)OCC4NC(=O)C5CCCN5C4=O)cs3)nc2-c2csc(n2)-c2csc(n2)[C@H]([C@@H](O)c2ccccc2)NC(=O)CNC(=O)c2nc(sc2COC)[C@H](C(C)C)CC(=O)c2nc1sc2C. The molecule has 2 fully saturated rings. The molecule has 6 atom stereocenters. The minimum Gasteiger partial charge on any atom is -0.458 e. The van der Waals surface area contributed by atoms with E-state index in [1.54, 1.807) is 65.5 Å². The number of nitrogens with one attached hydrogen (secondary N) is 5. The zero-order valence-corrected chi connectivity index (χ0v) is 52.0. The Morgan fingerprint density at radius 2 is 1.48 bits per heavy atom. The van der Waals surface area contributed by atoms with Crippen LogP contribution >= 0.6 is 68.0 Å². The smallest absolute Gasteiger partial charge is 0.357 e. The number of fused-ring (bicyclic) bond motifs is 15. The van der Waals surface area contributed by atoms with Gasteiger partial charge >= 0.3 is 5.97 Å². The summed E-state index contributed by atoms with van der Waals surface area (Å²) >= 11 is 7.08. The Kier molecular flexibility index (Phi) is 18.3. The molecular weight excluding hydrogens is 1240 g/mol. The second kappa shape index (κ2) is 26.2. The van der Waals surface area contributed by atoms with Gasteiger partial charge < -0.3 is 46.1 Å². The van der Waals surface area contributed by atoms with Gasteiger partial charge in [0.05, 0.1) is 41.2 Å². The van der Waals surface area contributed by atoms with Crippen LogP contribution in [-0.4, -0.2) is 138 Å². The standard InChI is InChI=1S/C57H55N13O11S6/c1-25(2)29-16-38(71)42-26(3)86-54(68-42)31(17-40(72)58-4)61-47(75)34-22-82-50(64-34)28-13-14-30(52-66-36(24-84-52)57(79)81-19-32-56(78)70-15-9-12-37(70)48(76)62-32)60-43(28)33-21-83-53(63-33)35-23-85-55(65-35)45(46(74)27-10-7-6-8-11-27)67-41(73)18-59-49(77)44-39(20-80-5)87-51(29)69-44/h6-8,10-11,13-14,21-25,29,31-32,37,45-46,74H,9,12,15-20H2,1-5H3,(H,58,72)(H,59,77)(H,61,75)(H,62,76)(H,67,73)/t29-,31-,32?,37?,45-,46-/m0/s1. The van der Waals surface area contributed by atoms with Gasteiger partial charge in [-0.2, -0.15) is 0 Å². The second-order valence-corrected chi connectivity index (χ2v) is 26.6. The molecule has 3 aliphatic heterocycles. The van der Waals surface area contributed by atoms with E-state index in [4.69, 9.17) is 39.4 Å². The van der Waals surface area contributed by atoms with Gasteiger partial charge in [-0.25, -0.2) is 39.7 Å². The van der Waals surface area contributed by atoms with E-state index < -0.39 is 72.3 Å². The molecule has 10 heterocycles. The second-order valence-electron chi connectivity index (χ2n) is 20.8. The molecule has 0 spiro atoms. The highest BCUT2D eigenvalue weighted by Gasteiger charge is 2.44. The van der Waals surface area contributed by atoms with Crippen molar-refractivity contribution in [2.24, 2.45) is 5.92 Å². The van der Waals surface area contributed by atoms with Crippen molar-refractivity contribution in [2.45, 2.75) is 89.3 Å². The summed E-state index contributed by atoms with van der Waals surface area (Å²) in [5.41, 5.74) is 2.51. The molecule has 3 aliphatic rings. The number of carbonyl (C=O) groups excluding carboxylic acids is 8. The van der Waals surface area contributed by atoms with Gasteiger partial charge in [-0.3, -0.25) is 33.6 Å². The number of Topliss-reactive ketones (excluding diaryl/α,β-unsaturated/α-hetero) is 1. The van der Waals surface area contributed by atoms with Crippen LogP contribution in [0.25, 0.3) is 43.4 Å². The van der Waals surface area contributed by atoms with Gasteiger partial charge in [0, 0.05) is 65.0 Å². The van der Waals surface area contributed by atoms with Crippen LogP contribution in [0.1, 0.15) is 136 Å². The highest BCUT2D eigenvalue weighted by Crippen LogP contribution is 2.41. The molecule has 6 amide bonds. The van der Waals surface area contributed by atoms with E-state index in [1.807, 2.05) is 13.8 Å². The monoisotopic (exact) mass is 1290 g/mol. The summed E-state index contributed by atoms with van der Waals surface area (Å²) in [6.45, 7) is 5.19. The van der Waals surface area contributed by atoms with Gasteiger partial charge in [0.1, 0.15) is 90.0 Å². The molecule has 0 aliphatic carbocycles. The number of benzene rings is 1. The summed E-state index contributed by atoms with van der Waals surface area (Å²) in [6, 6.07) is 8.53. The number of aromatic nitrogens is 7. The lowest BCUT2D eigenvalue weighted by Crippen LogP contribution is -2.62. The number of hydrogen-bond acceptors (Lipinski definition) is 24. The maximum Gasteiger partial charge on any atom is 0.357 e. The average Bonchev–Trinajstić information content (AvgIpc) is 2.79. The van der Waals surface area contributed by atoms with E-state index >= 15 is 0 Å². The van der Waals surface area contributed by atoms with Crippen LogP contribution < -0.4 is 26.6 Å². The number of esters is 1. The Labute approximate surface area is 520 Å². The molecule has 11 rings (SSSR count). The van der Waals surface area contributed by atoms with Crippen molar-refractivity contribution in [3.05, 3.63) is 117 Å². The number of piperazine rings is 1. The number of aliphatic hydroxyl groups excluding tert-OH is 1. The number of aryl methyl sites for hydroxylation is 1. The molecule has 6 N–H and O–H groups in total. The molecule has 0 saturated carbocycles. The topological polar surface area (TPSA) is 329 Å². The van der Waals surface area contributed by atoms with Crippen LogP contribution in [0.3, 0.4) is 0 Å². The quantitative estimate of drug-likeness (QED) is 0.0721. The lowest BCUT2D eigenvalue weighted by Gasteiger charge is -2.34. The first kappa shape index (κ1) is 60.7. The van der Waals surface area contributed by atoms with Gasteiger partial charge in [0.15, 0.2) is 11.5 Å². The predicted octanol–water partition coefficient (Wildman–Crippen LogP) is 6.84. The number of methoxy groups -OCH3 is 1. The number of aliphatic hydroxyl groups is 1. The molecule has 87 heavy (non-hydrogen) atoms. The number of rotatable bonds is 11. The number of ether oxygens (including phenoxy) is 2. The van der Waals surface area contributed by atoms with E-state index in [1.165, 1.54) is 69.8 Å². The van der Waals surface area contributed by atoms with Gasteiger partial charge in [-0.1, -0.05) is 44.2 Å². The van der Waals surface area contributed by atoms with Crippen LogP contribution in [0.4, 0.5) is 0 Å². The van der Waals surface area contributed by atoms with Crippen LogP contribution in [0.2, 0.25) is 0 Å². The molecule has 24 nitrogen and oxygen atoms in total. The van der Waals surface area contributed by atoms with E-state index in [0.717, 1.165) is 22.7 Å². The summed E-state index contributed by atoms with van der Waals surface area (Å²) in [5.74, 6) is -4.68. The number of pyridine rings is 1. The minimum atomic E-state index is -1.29. The first-order chi connectivity index (χ1) is 41.9. The van der Waals surface area contributed by atoms with Crippen LogP contribution in [-0.2, 0) is 35.3 Å². The third-order valence-corrected chi connectivity index (χ3v) is 20.4. The molecule has 10 bridgehead atoms. The normalized spacial score (nSPS) is 19.6. The Hall–Kier alpha value is -7.97. The molecule has 450 valence electrons. The van der Waals surface area contributed by atoms with Gasteiger partial charge in [-0.05, 0) is 43.4 Å². The molecule has 2 saturated heterocycles. The van der Waals surface area contributed by atoms with E-state index in [9.17, 15) is 43.5 Å². The van der Waals surface area contributed by atoms with Crippen molar-refractivity contribution < 1.29 is 52.9 Å². The van der Waals surface area contributed by atoms with Crippen molar-refractivity contribution >= 4 is 115 Å². The minimum absolute atomic E-state index is 0.00992. The number of carbonyl (C=O) groups is 8. The Bertz CT molecular complexity index is 3960. The fraction of sp³-hybridized carbons (Fsp3) is 0.351. The summed E-state index contributed by atoms with van der Waals surface area (Å²) in [4.78, 5) is 145. The van der Waals surface area contributed by atoms with Crippen LogP contribution in [0.5, 0.6) is 0 Å². The maximum atomic E-state index is 14.4. The van der Waals surface area contributed by atoms with Gasteiger partial charge in [0.2, 0.25) is 23.6 Å². The third-order valence-electron chi connectivity index (χ3n) is 14.6. The summed E-state index contributed by atoms with van der Waals surface area (Å²) in [7, 11) is 2.95. The van der Waals surface area contributed by atoms with Crippen molar-refractivity contribution in [3.8, 4) is 43.4 Å². The van der Waals surface area contributed by atoms with Crippen molar-refractivity contribution in [2.75, 3.05) is 33.9 Å². The average molecular weight is 1290 g/mol. The largest absolute Gasteiger partial charge is 0.458 e. The number of hydrogen-bond donors (Lipinski definition) is 6. The number of ketones is 1. The third kappa shape index (κ3) is 13.0. The highest BCUT2D eigenvalue weighted by atomic mass is 32.1. The molecular formula is C57H55N13O11S6. The Morgan fingerprint density at radius 3 is 2.26 bits per heavy atom. The van der Waals surface area contributed by atoms with E-state index in [2.05, 4.69) is 31.6 Å². The van der Waals surface area contributed by atoms with Gasteiger partial charge in [-0.15, -0.1) is 68.0 Å². The number of nitrogens with zero attached hydrogens (tertiary/aromatic N) is 8. The molecule has 0 radical (unpaired) electrons. The van der Waals surface area contributed by atoms with Crippen molar-refractivity contribution in [1.82, 2.24) is 66.4 Å². The highest BCUT2D eigenvalue weighted by molar-refractivity contribution is 7.15. The maximum absolute atomic E-state index is 14.4. The number of amides is 6. The van der Waals surface area contributed by atoms with Crippen LogP contribution in [0, 0.1) is 12.8 Å². The van der Waals surface area contributed by atoms with E-state index in [-0.39, 0.29) is 72.3 Å². The summed E-state index contributed by atoms with van der Waals surface area (Å²) in [6.07, 6.45) is -0.273. The predicted molar refractivity (Wildman–Crippen MR) is 325 cm³/mol.